The quantitative estimate of drug-likeness (QED) is 0.769. The summed E-state index contributed by atoms with van der Waals surface area (Å²) in [5.74, 6) is 1.07. The highest BCUT2D eigenvalue weighted by Crippen LogP contribution is 2.29. The van der Waals surface area contributed by atoms with E-state index in [1.165, 1.54) is 6.33 Å². The minimum absolute atomic E-state index is 0.457. The van der Waals surface area contributed by atoms with Crippen LogP contribution in [-0.2, 0) is 0 Å². The number of nitrogens with one attached hydrogen (secondary N) is 2. The van der Waals surface area contributed by atoms with Crippen LogP contribution in [0.1, 0.15) is 13.8 Å². The third-order valence-corrected chi connectivity index (χ3v) is 2.43. The van der Waals surface area contributed by atoms with E-state index in [4.69, 9.17) is 4.74 Å². The van der Waals surface area contributed by atoms with Crippen LogP contribution in [0, 0.1) is 5.92 Å². The first kappa shape index (κ1) is 12.4. The lowest BCUT2D eigenvalue weighted by Gasteiger charge is -2.09. The van der Waals surface area contributed by atoms with Gasteiger partial charge in [-0.25, -0.2) is 9.97 Å². The average Bonchev–Trinajstić information content (AvgIpc) is 2.77. The van der Waals surface area contributed by atoms with E-state index in [2.05, 4.69) is 40.7 Å². The van der Waals surface area contributed by atoms with Crippen molar-refractivity contribution in [2.45, 2.75) is 13.8 Å². The van der Waals surface area contributed by atoms with Crippen molar-refractivity contribution in [3.05, 3.63) is 25.2 Å². The smallest absolute Gasteiger partial charge is 0.228 e. The van der Waals surface area contributed by atoms with Crippen molar-refractivity contribution in [3.8, 4) is 5.88 Å². The summed E-state index contributed by atoms with van der Waals surface area (Å²) in [6, 6.07) is 0. The van der Waals surface area contributed by atoms with Gasteiger partial charge in [0.2, 0.25) is 5.88 Å². The Labute approximate surface area is 106 Å². The Bertz CT molecular complexity index is 533. The predicted molar refractivity (Wildman–Crippen MR) is 72.9 cm³/mol. The molecule has 2 heterocycles. The molecule has 5 nitrogen and oxygen atoms in total. The maximum absolute atomic E-state index is 5.72. The molecule has 0 aliphatic rings. The fraction of sp³-hybridized carbons (Fsp3) is 0.385. The number of H-pyrrole nitrogens is 1. The first-order valence-corrected chi connectivity index (χ1v) is 6.02. The number of hydrogen-bond acceptors (Lipinski definition) is 4. The molecular weight excluding hydrogens is 228 g/mol. The fourth-order valence-corrected chi connectivity index (χ4v) is 1.61. The third kappa shape index (κ3) is 2.61. The second kappa shape index (κ2) is 5.53. The van der Waals surface area contributed by atoms with Gasteiger partial charge in [0.1, 0.15) is 17.4 Å². The molecule has 0 fully saturated rings. The van der Waals surface area contributed by atoms with Crippen LogP contribution in [0.4, 0.5) is 5.69 Å². The van der Waals surface area contributed by atoms with Gasteiger partial charge in [0.15, 0.2) is 0 Å². The zero-order chi connectivity index (χ0) is 13.0. The van der Waals surface area contributed by atoms with Crippen molar-refractivity contribution in [2.24, 2.45) is 5.92 Å². The van der Waals surface area contributed by atoms with Gasteiger partial charge in [0.05, 0.1) is 12.3 Å². The van der Waals surface area contributed by atoms with Gasteiger partial charge in [-0.3, -0.25) is 0 Å². The van der Waals surface area contributed by atoms with Crippen LogP contribution >= 0.6 is 0 Å². The number of hydrogen-bond donors (Lipinski definition) is 2. The molecular formula is C13H18N4O. The standard InChI is InChI=1S/C13H18N4O/c1-4-5-14-10-6-15-12-11(10)13(17-8-16-12)18-7-9(2)3/h4,6,8-9,14H,1,5,7H2,2-3H3,(H,15,16,17). The number of ether oxygens (including phenoxy) is 1. The summed E-state index contributed by atoms with van der Waals surface area (Å²) in [7, 11) is 0. The Morgan fingerprint density at radius 3 is 3.06 bits per heavy atom. The summed E-state index contributed by atoms with van der Waals surface area (Å²) in [6.45, 7) is 9.22. The van der Waals surface area contributed by atoms with E-state index < -0.39 is 0 Å². The molecule has 5 heteroatoms. The molecule has 0 bridgehead atoms. The van der Waals surface area contributed by atoms with Crippen molar-refractivity contribution >= 4 is 16.7 Å². The molecule has 0 aliphatic carbocycles. The van der Waals surface area contributed by atoms with Gasteiger partial charge < -0.3 is 15.0 Å². The minimum Gasteiger partial charge on any atom is -0.477 e. The number of anilines is 1. The summed E-state index contributed by atoms with van der Waals surface area (Å²) >= 11 is 0. The molecule has 0 amide bonds. The van der Waals surface area contributed by atoms with Crippen molar-refractivity contribution < 1.29 is 4.74 Å². The maximum atomic E-state index is 5.72. The lowest BCUT2D eigenvalue weighted by Crippen LogP contribution is -2.06. The third-order valence-electron chi connectivity index (χ3n) is 2.43. The molecule has 0 saturated carbocycles. The maximum Gasteiger partial charge on any atom is 0.228 e. The first-order chi connectivity index (χ1) is 8.72. The van der Waals surface area contributed by atoms with Crippen molar-refractivity contribution in [1.29, 1.82) is 0 Å². The Balaban J connectivity index is 2.32. The Hall–Kier alpha value is -2.04. The Morgan fingerprint density at radius 2 is 2.33 bits per heavy atom. The molecule has 0 aromatic carbocycles. The van der Waals surface area contributed by atoms with Gasteiger partial charge in [-0.1, -0.05) is 19.9 Å². The van der Waals surface area contributed by atoms with E-state index in [-0.39, 0.29) is 0 Å². The molecule has 0 spiro atoms. The lowest BCUT2D eigenvalue weighted by atomic mass is 10.2. The van der Waals surface area contributed by atoms with Crippen molar-refractivity contribution in [3.63, 3.8) is 0 Å². The van der Waals surface area contributed by atoms with Crippen LogP contribution in [0.25, 0.3) is 11.0 Å². The van der Waals surface area contributed by atoms with Crippen molar-refractivity contribution in [2.75, 3.05) is 18.5 Å². The number of fused-ring (bicyclic) bond motifs is 1. The SMILES string of the molecule is C=CCNc1c[nH]c2ncnc(OCC(C)C)c12. The Morgan fingerprint density at radius 1 is 1.50 bits per heavy atom. The highest BCUT2D eigenvalue weighted by atomic mass is 16.5. The molecule has 0 radical (unpaired) electrons. The van der Waals surface area contributed by atoms with E-state index >= 15 is 0 Å². The summed E-state index contributed by atoms with van der Waals surface area (Å²) < 4.78 is 5.72. The Kier molecular flexibility index (Phi) is 3.82. The zero-order valence-corrected chi connectivity index (χ0v) is 10.7. The molecule has 2 rings (SSSR count). The van der Waals surface area contributed by atoms with Gasteiger partial charge in [-0.05, 0) is 5.92 Å². The number of nitrogens with zero attached hydrogens (tertiary/aromatic N) is 2. The monoisotopic (exact) mass is 246 g/mol. The summed E-state index contributed by atoms with van der Waals surface area (Å²) in [5.41, 5.74) is 1.71. The zero-order valence-electron chi connectivity index (χ0n) is 10.7. The molecule has 2 aromatic heterocycles. The van der Waals surface area contributed by atoms with Crippen LogP contribution in [0.2, 0.25) is 0 Å². The highest BCUT2D eigenvalue weighted by Gasteiger charge is 2.12. The number of aromatic amines is 1. The van der Waals surface area contributed by atoms with Crippen LogP contribution in [0.5, 0.6) is 5.88 Å². The molecule has 96 valence electrons. The van der Waals surface area contributed by atoms with Crippen LogP contribution in [0.3, 0.4) is 0 Å². The van der Waals surface area contributed by atoms with Crippen molar-refractivity contribution in [1.82, 2.24) is 15.0 Å². The second-order valence-electron chi connectivity index (χ2n) is 4.48. The van der Waals surface area contributed by atoms with Crippen LogP contribution < -0.4 is 10.1 Å². The minimum atomic E-state index is 0.457. The normalized spacial score (nSPS) is 10.8. The van der Waals surface area contributed by atoms with Gasteiger partial charge in [-0.15, -0.1) is 6.58 Å². The van der Waals surface area contributed by atoms with E-state index in [1.807, 2.05) is 6.20 Å². The van der Waals surface area contributed by atoms with Gasteiger partial charge in [0, 0.05) is 12.7 Å². The predicted octanol–water partition coefficient (Wildman–Crippen LogP) is 2.59. The largest absolute Gasteiger partial charge is 0.477 e. The summed E-state index contributed by atoms with van der Waals surface area (Å²) in [5, 5.41) is 4.12. The molecule has 0 unspecified atom stereocenters. The molecule has 0 atom stereocenters. The average molecular weight is 246 g/mol. The highest BCUT2D eigenvalue weighted by molar-refractivity contribution is 5.94. The first-order valence-electron chi connectivity index (χ1n) is 6.02. The summed E-state index contributed by atoms with van der Waals surface area (Å²) in [6.07, 6.45) is 5.17. The fourth-order valence-electron chi connectivity index (χ4n) is 1.61. The lowest BCUT2D eigenvalue weighted by molar-refractivity contribution is 0.264. The second-order valence-corrected chi connectivity index (χ2v) is 4.48. The number of rotatable bonds is 6. The van der Waals surface area contributed by atoms with E-state index in [9.17, 15) is 0 Å². The topological polar surface area (TPSA) is 62.8 Å². The molecule has 2 aromatic rings. The molecule has 18 heavy (non-hydrogen) atoms. The van der Waals surface area contributed by atoms with Crippen LogP contribution in [0.15, 0.2) is 25.2 Å². The van der Waals surface area contributed by atoms with E-state index in [0.717, 1.165) is 16.7 Å². The van der Waals surface area contributed by atoms with Crippen LogP contribution in [-0.4, -0.2) is 28.1 Å². The van der Waals surface area contributed by atoms with Gasteiger partial charge in [-0.2, -0.15) is 0 Å². The molecule has 0 saturated heterocycles. The van der Waals surface area contributed by atoms with E-state index in [0.29, 0.717) is 24.9 Å². The van der Waals surface area contributed by atoms with Gasteiger partial charge in [0.25, 0.3) is 0 Å². The van der Waals surface area contributed by atoms with Gasteiger partial charge >= 0.3 is 0 Å². The molecule has 0 aliphatic heterocycles. The van der Waals surface area contributed by atoms with E-state index in [1.54, 1.807) is 6.08 Å². The number of aromatic nitrogens is 3. The molecule has 2 N–H and O–H groups in total. The summed E-state index contributed by atoms with van der Waals surface area (Å²) in [4.78, 5) is 11.5.